The van der Waals surface area contributed by atoms with Crippen molar-refractivity contribution in [3.63, 3.8) is 0 Å². The van der Waals surface area contributed by atoms with Gasteiger partial charge in [-0.25, -0.2) is 4.57 Å². The molecule has 0 radical (unpaired) electrons. The quantitative estimate of drug-likeness (QED) is 0.526. The van der Waals surface area contributed by atoms with Crippen molar-refractivity contribution < 1.29 is 33.3 Å². The monoisotopic (exact) mass is 327 g/mol. The largest absolute Gasteiger partial charge is 1.00 e. The molecule has 0 amide bonds. The van der Waals surface area contributed by atoms with Crippen molar-refractivity contribution in [3.8, 4) is 5.75 Å². The van der Waals surface area contributed by atoms with Crippen LogP contribution in [-0.2, 0) is 13.7 Å². The number of hydrogen-bond acceptors (Lipinski definition) is 1. The molecule has 0 aliphatic rings. The van der Waals surface area contributed by atoms with Gasteiger partial charge in [-0.2, -0.15) is 0 Å². The summed E-state index contributed by atoms with van der Waals surface area (Å²) in [5.74, 6) is 0.892. The molecule has 0 aliphatic carbocycles. The van der Waals surface area contributed by atoms with Gasteiger partial charge in [0.05, 0.1) is 0 Å². The first-order valence-corrected chi connectivity index (χ1v) is 4.96. The van der Waals surface area contributed by atoms with E-state index in [0.29, 0.717) is 6.61 Å². The van der Waals surface area contributed by atoms with Gasteiger partial charge >= 0.3 is 0 Å². The van der Waals surface area contributed by atoms with Crippen LogP contribution in [0.5, 0.6) is 5.75 Å². The lowest BCUT2D eigenvalue weighted by Crippen LogP contribution is -3.00. The van der Waals surface area contributed by atoms with Crippen LogP contribution in [0.25, 0.3) is 0 Å². The van der Waals surface area contributed by atoms with E-state index in [-0.39, 0.29) is 24.0 Å². The molecule has 0 saturated carbocycles. The van der Waals surface area contributed by atoms with Gasteiger partial charge in [0.15, 0.2) is 11.9 Å². The fourth-order valence-electron chi connectivity index (χ4n) is 1.39. The lowest BCUT2D eigenvalue weighted by molar-refractivity contribution is -0.671. The zero-order valence-corrected chi connectivity index (χ0v) is 11.3. The van der Waals surface area contributed by atoms with Crippen LogP contribution in [0.1, 0.15) is 5.56 Å². The smallest absolute Gasteiger partial charge is 0.210 e. The Morgan fingerprint density at radius 2 is 1.81 bits per heavy atom. The first-order chi connectivity index (χ1) is 7.34. The lowest BCUT2D eigenvalue weighted by Gasteiger charge is -2.03. The maximum Gasteiger partial charge on any atom is 0.210 e. The number of aryl methyl sites for hydroxylation is 1. The summed E-state index contributed by atoms with van der Waals surface area (Å²) in [6.07, 6.45) is 3.94. The second-order valence-electron chi connectivity index (χ2n) is 3.48. The number of nitrogens with zero attached hydrogens (tertiary/aromatic N) is 1. The summed E-state index contributed by atoms with van der Waals surface area (Å²) in [5, 5.41) is 0. The standard InChI is InChI=1S/C13H14NO.HI/c1-14-9-5-8-13(10-14)15-11-12-6-3-2-4-7-12;/h2-10H,11H2,1H3;1H/q+1;/p-1. The van der Waals surface area contributed by atoms with Crippen LogP contribution in [0.2, 0.25) is 0 Å². The fourth-order valence-corrected chi connectivity index (χ4v) is 1.39. The van der Waals surface area contributed by atoms with Gasteiger partial charge in [-0.3, -0.25) is 0 Å². The van der Waals surface area contributed by atoms with E-state index in [1.165, 1.54) is 5.56 Å². The maximum absolute atomic E-state index is 5.65. The van der Waals surface area contributed by atoms with Crippen LogP contribution in [0.4, 0.5) is 0 Å². The Hall–Kier alpha value is -1.10. The van der Waals surface area contributed by atoms with Gasteiger partial charge in [-0.05, 0) is 11.6 Å². The van der Waals surface area contributed by atoms with Crippen LogP contribution < -0.4 is 33.3 Å². The van der Waals surface area contributed by atoms with E-state index in [9.17, 15) is 0 Å². The Kier molecular flexibility index (Phi) is 5.25. The molecular weight excluding hydrogens is 313 g/mol. The topological polar surface area (TPSA) is 13.1 Å². The molecular formula is C13H14INO. The second kappa shape index (κ2) is 6.48. The number of aromatic nitrogens is 1. The molecule has 0 spiro atoms. The van der Waals surface area contributed by atoms with E-state index in [0.717, 1.165) is 5.75 Å². The zero-order chi connectivity index (χ0) is 10.5. The highest BCUT2D eigenvalue weighted by atomic mass is 127. The van der Waals surface area contributed by atoms with Crippen LogP contribution >= 0.6 is 0 Å². The van der Waals surface area contributed by atoms with E-state index in [1.54, 1.807) is 0 Å². The summed E-state index contributed by atoms with van der Waals surface area (Å²) in [6, 6.07) is 14.1. The number of benzene rings is 1. The van der Waals surface area contributed by atoms with Crippen LogP contribution in [0.3, 0.4) is 0 Å². The van der Waals surface area contributed by atoms with Gasteiger partial charge in [0.2, 0.25) is 6.20 Å². The van der Waals surface area contributed by atoms with Gasteiger partial charge in [-0.1, -0.05) is 30.3 Å². The number of rotatable bonds is 3. The second-order valence-corrected chi connectivity index (χ2v) is 3.48. The number of halogens is 1. The first kappa shape index (κ1) is 13.0. The maximum atomic E-state index is 5.65. The summed E-state index contributed by atoms with van der Waals surface area (Å²) in [4.78, 5) is 0. The Morgan fingerprint density at radius 1 is 1.06 bits per heavy atom. The van der Waals surface area contributed by atoms with E-state index in [4.69, 9.17) is 4.74 Å². The Morgan fingerprint density at radius 3 is 2.50 bits per heavy atom. The number of pyridine rings is 1. The minimum Gasteiger partial charge on any atom is -1.00 e. The minimum absolute atomic E-state index is 0. The SMILES string of the molecule is C[n+]1cccc(OCc2ccccc2)c1.[I-]. The highest BCUT2D eigenvalue weighted by molar-refractivity contribution is 5.17. The number of hydrogen-bond donors (Lipinski definition) is 0. The lowest BCUT2D eigenvalue weighted by atomic mass is 10.2. The van der Waals surface area contributed by atoms with Gasteiger partial charge in [0, 0.05) is 6.07 Å². The zero-order valence-electron chi connectivity index (χ0n) is 9.14. The number of ether oxygens (including phenoxy) is 1. The highest BCUT2D eigenvalue weighted by Crippen LogP contribution is 2.08. The molecule has 0 aliphatic heterocycles. The van der Waals surface area contributed by atoms with Crippen molar-refractivity contribution in [3.05, 3.63) is 60.4 Å². The van der Waals surface area contributed by atoms with Crippen molar-refractivity contribution in [2.75, 3.05) is 0 Å². The van der Waals surface area contributed by atoms with Crippen molar-refractivity contribution in [2.45, 2.75) is 6.61 Å². The third-order valence-electron chi connectivity index (χ3n) is 2.16. The Balaban J connectivity index is 0.00000128. The Labute approximate surface area is 113 Å². The average molecular weight is 327 g/mol. The van der Waals surface area contributed by atoms with Gasteiger partial charge in [-0.15, -0.1) is 0 Å². The summed E-state index contributed by atoms with van der Waals surface area (Å²) in [7, 11) is 1.98. The average Bonchev–Trinajstić information content (AvgIpc) is 2.28. The van der Waals surface area contributed by atoms with Crippen molar-refractivity contribution in [2.24, 2.45) is 7.05 Å². The molecule has 2 aromatic rings. The molecule has 1 heterocycles. The molecule has 0 bridgehead atoms. The van der Waals surface area contributed by atoms with Crippen molar-refractivity contribution in [1.82, 2.24) is 0 Å². The molecule has 0 N–H and O–H groups in total. The summed E-state index contributed by atoms with van der Waals surface area (Å²) >= 11 is 0. The van der Waals surface area contributed by atoms with Crippen molar-refractivity contribution in [1.29, 1.82) is 0 Å². The first-order valence-electron chi connectivity index (χ1n) is 4.96. The highest BCUT2D eigenvalue weighted by Gasteiger charge is 1.98. The third-order valence-corrected chi connectivity index (χ3v) is 2.16. The molecule has 2 nitrogen and oxygen atoms in total. The summed E-state index contributed by atoms with van der Waals surface area (Å²) in [6.45, 7) is 0.616. The Bertz CT molecular complexity index is 431. The van der Waals surface area contributed by atoms with Crippen LogP contribution in [0.15, 0.2) is 54.9 Å². The molecule has 2 rings (SSSR count). The molecule has 0 fully saturated rings. The van der Waals surface area contributed by atoms with Gasteiger partial charge < -0.3 is 28.7 Å². The normalized spacial score (nSPS) is 9.31. The molecule has 1 aromatic carbocycles. The molecule has 84 valence electrons. The molecule has 16 heavy (non-hydrogen) atoms. The minimum atomic E-state index is 0. The van der Waals surface area contributed by atoms with Crippen LogP contribution in [0, 0.1) is 0 Å². The summed E-state index contributed by atoms with van der Waals surface area (Å²) < 4.78 is 7.62. The fraction of sp³-hybridized carbons (Fsp3) is 0.154. The molecule has 0 atom stereocenters. The molecule has 1 aromatic heterocycles. The van der Waals surface area contributed by atoms with E-state index >= 15 is 0 Å². The predicted octanol–water partition coefficient (Wildman–Crippen LogP) is -0.906. The molecule has 0 saturated heterocycles. The summed E-state index contributed by atoms with van der Waals surface area (Å²) in [5.41, 5.74) is 1.18. The molecule has 0 unspecified atom stereocenters. The van der Waals surface area contributed by atoms with Gasteiger partial charge in [0.25, 0.3) is 0 Å². The third kappa shape index (κ3) is 3.81. The van der Waals surface area contributed by atoms with E-state index in [2.05, 4.69) is 12.1 Å². The van der Waals surface area contributed by atoms with Gasteiger partial charge in [0.1, 0.15) is 13.7 Å². The van der Waals surface area contributed by atoms with Crippen LogP contribution in [-0.4, -0.2) is 0 Å². The van der Waals surface area contributed by atoms with E-state index < -0.39 is 0 Å². The predicted molar refractivity (Wildman–Crippen MR) is 58.4 cm³/mol. The molecule has 3 heteroatoms. The van der Waals surface area contributed by atoms with E-state index in [1.807, 2.05) is 54.3 Å². The van der Waals surface area contributed by atoms with Crippen molar-refractivity contribution >= 4 is 0 Å².